The molecule has 0 fully saturated rings. The first kappa shape index (κ1) is 15.7. The first-order chi connectivity index (χ1) is 11.5. The molecule has 0 bridgehead atoms. The lowest BCUT2D eigenvalue weighted by molar-refractivity contribution is -0.122. The van der Waals surface area contributed by atoms with Gasteiger partial charge in [-0.25, -0.2) is 0 Å². The monoisotopic (exact) mass is 327 g/mol. The SMILES string of the molecule is Cc1cc(-c2nnc(NC(=O)[C@@H](C)Oc3ccccc3)o2)n(C)n1. The van der Waals surface area contributed by atoms with E-state index in [1.54, 1.807) is 30.8 Å². The van der Waals surface area contributed by atoms with Crippen LogP contribution >= 0.6 is 0 Å². The van der Waals surface area contributed by atoms with Crippen molar-refractivity contribution in [1.82, 2.24) is 20.0 Å². The summed E-state index contributed by atoms with van der Waals surface area (Å²) in [5.74, 6) is 0.511. The van der Waals surface area contributed by atoms with E-state index in [0.29, 0.717) is 11.4 Å². The van der Waals surface area contributed by atoms with Gasteiger partial charge in [-0.05, 0) is 32.0 Å². The Balaban J connectivity index is 1.66. The number of hydrogen-bond donors (Lipinski definition) is 1. The third kappa shape index (κ3) is 3.43. The second kappa shape index (κ2) is 6.53. The molecule has 8 nitrogen and oxygen atoms in total. The topological polar surface area (TPSA) is 95.1 Å². The fourth-order valence-corrected chi connectivity index (χ4v) is 2.15. The summed E-state index contributed by atoms with van der Waals surface area (Å²) in [6, 6.07) is 10.9. The molecule has 1 amide bonds. The number of aromatic nitrogens is 4. The quantitative estimate of drug-likeness (QED) is 0.772. The molecule has 1 aromatic carbocycles. The van der Waals surface area contributed by atoms with Crippen LogP contribution in [-0.4, -0.2) is 32.0 Å². The number of amides is 1. The summed E-state index contributed by atoms with van der Waals surface area (Å²) in [6.07, 6.45) is -0.707. The van der Waals surface area contributed by atoms with Gasteiger partial charge in [0.05, 0.1) is 5.69 Å². The number of rotatable bonds is 5. The van der Waals surface area contributed by atoms with Crippen molar-refractivity contribution in [3.8, 4) is 17.3 Å². The highest BCUT2D eigenvalue weighted by atomic mass is 16.5. The Morgan fingerprint density at radius 2 is 2.04 bits per heavy atom. The number of benzene rings is 1. The molecule has 0 spiro atoms. The van der Waals surface area contributed by atoms with Crippen molar-refractivity contribution in [2.75, 3.05) is 5.32 Å². The van der Waals surface area contributed by atoms with Crippen LogP contribution in [0.4, 0.5) is 6.01 Å². The molecule has 2 aromatic heterocycles. The Hall–Kier alpha value is -3.16. The van der Waals surface area contributed by atoms with E-state index in [1.807, 2.05) is 31.2 Å². The van der Waals surface area contributed by atoms with E-state index < -0.39 is 6.10 Å². The van der Waals surface area contributed by atoms with E-state index in [9.17, 15) is 4.79 Å². The molecule has 3 rings (SSSR count). The summed E-state index contributed by atoms with van der Waals surface area (Å²) in [7, 11) is 1.78. The van der Waals surface area contributed by atoms with Crippen LogP contribution in [0.15, 0.2) is 40.8 Å². The summed E-state index contributed by atoms with van der Waals surface area (Å²) in [6.45, 7) is 3.51. The molecule has 1 N–H and O–H groups in total. The smallest absolute Gasteiger partial charge is 0.322 e. The summed E-state index contributed by atoms with van der Waals surface area (Å²) in [4.78, 5) is 12.2. The second-order valence-electron chi connectivity index (χ2n) is 5.27. The number of aryl methyl sites for hydroxylation is 2. The molecular formula is C16H17N5O3. The van der Waals surface area contributed by atoms with Crippen molar-refractivity contribution in [3.05, 3.63) is 42.1 Å². The molecule has 0 aliphatic rings. The van der Waals surface area contributed by atoms with Crippen LogP contribution in [0.5, 0.6) is 5.75 Å². The lowest BCUT2D eigenvalue weighted by Crippen LogP contribution is -2.30. The summed E-state index contributed by atoms with van der Waals surface area (Å²) < 4.78 is 12.6. The van der Waals surface area contributed by atoms with Crippen molar-refractivity contribution >= 4 is 11.9 Å². The standard InChI is InChI=1S/C16H17N5O3/c1-10-9-13(21(3)20-10)15-18-19-16(24-15)17-14(22)11(2)23-12-7-5-4-6-8-12/h4-9,11H,1-3H3,(H,17,19,22)/t11-/m1/s1. The van der Waals surface area contributed by atoms with Crippen molar-refractivity contribution < 1.29 is 13.9 Å². The van der Waals surface area contributed by atoms with E-state index in [0.717, 1.165) is 5.69 Å². The molecule has 3 aromatic rings. The van der Waals surface area contributed by atoms with Gasteiger partial charge >= 0.3 is 6.01 Å². The second-order valence-corrected chi connectivity index (χ2v) is 5.27. The van der Waals surface area contributed by atoms with Gasteiger partial charge in [-0.15, -0.1) is 5.10 Å². The lowest BCUT2D eigenvalue weighted by Gasteiger charge is -2.12. The van der Waals surface area contributed by atoms with E-state index in [1.165, 1.54) is 0 Å². The lowest BCUT2D eigenvalue weighted by atomic mass is 10.3. The third-order valence-corrected chi connectivity index (χ3v) is 3.30. The molecule has 0 aliphatic heterocycles. The molecule has 1 atom stereocenters. The highest BCUT2D eigenvalue weighted by Crippen LogP contribution is 2.20. The zero-order valence-electron chi connectivity index (χ0n) is 13.6. The molecule has 0 saturated heterocycles. The number of carbonyl (C=O) groups is 1. The van der Waals surface area contributed by atoms with E-state index in [2.05, 4.69) is 20.6 Å². The number of anilines is 1. The summed E-state index contributed by atoms with van der Waals surface area (Å²) in [5, 5.41) is 14.5. The van der Waals surface area contributed by atoms with Crippen LogP contribution in [0, 0.1) is 6.92 Å². The van der Waals surface area contributed by atoms with Gasteiger partial charge in [-0.3, -0.25) is 14.8 Å². The fraction of sp³-hybridized carbons (Fsp3) is 0.250. The Kier molecular flexibility index (Phi) is 4.28. The Morgan fingerprint density at radius 3 is 2.71 bits per heavy atom. The molecule has 8 heteroatoms. The van der Waals surface area contributed by atoms with Gasteiger partial charge in [0.15, 0.2) is 6.10 Å². The van der Waals surface area contributed by atoms with Crippen molar-refractivity contribution in [2.45, 2.75) is 20.0 Å². The van der Waals surface area contributed by atoms with Gasteiger partial charge in [-0.1, -0.05) is 23.3 Å². The van der Waals surface area contributed by atoms with Crippen LogP contribution in [-0.2, 0) is 11.8 Å². The highest BCUT2D eigenvalue weighted by molar-refractivity contribution is 5.92. The predicted molar refractivity (Wildman–Crippen MR) is 86.4 cm³/mol. The minimum Gasteiger partial charge on any atom is -0.481 e. The van der Waals surface area contributed by atoms with E-state index in [-0.39, 0.29) is 17.8 Å². The predicted octanol–water partition coefficient (Wildman–Crippen LogP) is 2.18. The number of para-hydroxylation sites is 1. The largest absolute Gasteiger partial charge is 0.481 e. The highest BCUT2D eigenvalue weighted by Gasteiger charge is 2.19. The van der Waals surface area contributed by atoms with Crippen LogP contribution in [0.3, 0.4) is 0 Å². The van der Waals surface area contributed by atoms with Crippen LogP contribution < -0.4 is 10.1 Å². The average molecular weight is 327 g/mol. The van der Waals surface area contributed by atoms with Gasteiger partial charge in [-0.2, -0.15) is 5.10 Å². The van der Waals surface area contributed by atoms with Gasteiger partial charge in [0, 0.05) is 7.05 Å². The molecule has 24 heavy (non-hydrogen) atoms. The maximum atomic E-state index is 12.2. The minimum atomic E-state index is -0.707. The maximum Gasteiger partial charge on any atom is 0.322 e. The maximum absolute atomic E-state index is 12.2. The number of carbonyl (C=O) groups excluding carboxylic acids is 1. The van der Waals surface area contributed by atoms with Gasteiger partial charge in [0.25, 0.3) is 11.8 Å². The molecule has 124 valence electrons. The van der Waals surface area contributed by atoms with E-state index in [4.69, 9.17) is 9.15 Å². The number of nitrogens with one attached hydrogen (secondary N) is 1. The molecule has 0 aliphatic carbocycles. The zero-order valence-corrected chi connectivity index (χ0v) is 13.6. The van der Waals surface area contributed by atoms with Gasteiger partial charge in [0.1, 0.15) is 11.4 Å². The van der Waals surface area contributed by atoms with Crippen LogP contribution in [0.2, 0.25) is 0 Å². The first-order valence-corrected chi connectivity index (χ1v) is 7.40. The molecule has 2 heterocycles. The van der Waals surface area contributed by atoms with Gasteiger partial charge in [0.2, 0.25) is 0 Å². The average Bonchev–Trinajstić information content (AvgIpc) is 3.14. The zero-order chi connectivity index (χ0) is 17.1. The molecule has 0 saturated carbocycles. The summed E-state index contributed by atoms with van der Waals surface area (Å²) in [5.41, 5.74) is 1.51. The Labute approximate surface area is 138 Å². The molecule has 0 unspecified atom stereocenters. The fourth-order valence-electron chi connectivity index (χ4n) is 2.15. The Morgan fingerprint density at radius 1 is 1.29 bits per heavy atom. The molecule has 0 radical (unpaired) electrons. The third-order valence-electron chi connectivity index (χ3n) is 3.30. The number of ether oxygens (including phenoxy) is 1. The van der Waals surface area contributed by atoms with Gasteiger partial charge < -0.3 is 9.15 Å². The number of hydrogen-bond acceptors (Lipinski definition) is 6. The molecular weight excluding hydrogens is 310 g/mol. The summed E-state index contributed by atoms with van der Waals surface area (Å²) >= 11 is 0. The van der Waals surface area contributed by atoms with Crippen LogP contribution in [0.1, 0.15) is 12.6 Å². The van der Waals surface area contributed by atoms with Crippen LogP contribution in [0.25, 0.3) is 11.6 Å². The van der Waals surface area contributed by atoms with Crippen molar-refractivity contribution in [2.24, 2.45) is 7.05 Å². The Bertz CT molecular complexity index is 841. The number of nitrogens with zero attached hydrogens (tertiary/aromatic N) is 4. The van der Waals surface area contributed by atoms with E-state index >= 15 is 0 Å². The van der Waals surface area contributed by atoms with Crippen molar-refractivity contribution in [3.63, 3.8) is 0 Å². The minimum absolute atomic E-state index is 0.0114. The first-order valence-electron chi connectivity index (χ1n) is 7.40. The van der Waals surface area contributed by atoms with Crippen molar-refractivity contribution in [1.29, 1.82) is 0 Å². The normalized spacial score (nSPS) is 12.0.